The third-order valence-electron chi connectivity index (χ3n) is 6.79. The average Bonchev–Trinajstić information content (AvgIpc) is 3.04. The van der Waals surface area contributed by atoms with Gasteiger partial charge in [-0.1, -0.05) is 0 Å². The van der Waals surface area contributed by atoms with Gasteiger partial charge in [-0.3, -0.25) is 9.58 Å². The first kappa shape index (κ1) is 20.5. The minimum Gasteiger partial charge on any atom is -0.431 e. The lowest BCUT2D eigenvalue weighted by molar-refractivity contribution is -0.146. The topological polar surface area (TPSA) is 69.2 Å². The molecule has 1 saturated heterocycles. The number of halogens is 4. The average molecular weight is 439 g/mol. The van der Waals surface area contributed by atoms with Gasteiger partial charge >= 0.3 is 6.61 Å². The molecule has 4 atom stereocenters. The van der Waals surface area contributed by atoms with Gasteiger partial charge < -0.3 is 10.5 Å². The molecule has 2 saturated carbocycles. The molecular weight excluding hydrogens is 414 g/mol. The van der Waals surface area contributed by atoms with Crippen molar-refractivity contribution in [2.75, 3.05) is 18.8 Å². The van der Waals surface area contributed by atoms with E-state index in [9.17, 15) is 17.6 Å². The third-order valence-corrected chi connectivity index (χ3v) is 6.79. The summed E-state index contributed by atoms with van der Waals surface area (Å²) in [5.74, 6) is -1.51. The van der Waals surface area contributed by atoms with E-state index in [0.717, 1.165) is 18.5 Å². The molecule has 0 radical (unpaired) electrons. The number of pyridine rings is 1. The van der Waals surface area contributed by atoms with E-state index < -0.39 is 12.5 Å². The largest absolute Gasteiger partial charge is 0.431 e. The molecule has 0 aromatic carbocycles. The normalized spacial score (nSPS) is 29.3. The first-order chi connectivity index (χ1) is 14.6. The summed E-state index contributed by atoms with van der Waals surface area (Å²) in [6.07, 6.45) is 3.36. The van der Waals surface area contributed by atoms with Crippen molar-refractivity contribution in [3.63, 3.8) is 0 Å². The van der Waals surface area contributed by atoms with Gasteiger partial charge in [0.15, 0.2) is 11.6 Å². The highest BCUT2D eigenvalue weighted by molar-refractivity contribution is 5.64. The van der Waals surface area contributed by atoms with E-state index in [1.807, 2.05) is 29.5 Å². The van der Waals surface area contributed by atoms with Crippen molar-refractivity contribution >= 4 is 5.82 Å². The summed E-state index contributed by atoms with van der Waals surface area (Å²) in [4.78, 5) is 5.87. The van der Waals surface area contributed by atoms with Crippen molar-refractivity contribution in [1.82, 2.24) is 19.7 Å². The number of likely N-dealkylation sites (tertiary alicyclic amines) is 1. The van der Waals surface area contributed by atoms with Crippen molar-refractivity contribution in [3.8, 4) is 17.0 Å². The Hall–Kier alpha value is -2.36. The fourth-order valence-corrected chi connectivity index (χ4v) is 5.35. The molecule has 2 aliphatic carbocycles. The lowest BCUT2D eigenvalue weighted by Crippen LogP contribution is -2.59. The summed E-state index contributed by atoms with van der Waals surface area (Å²) in [5, 5.41) is 4.70. The summed E-state index contributed by atoms with van der Waals surface area (Å²) in [7, 11) is 0. The molecule has 31 heavy (non-hydrogen) atoms. The zero-order valence-corrected chi connectivity index (χ0v) is 17.3. The van der Waals surface area contributed by atoms with E-state index >= 15 is 0 Å². The number of nitrogens with two attached hydrogens (primary N) is 1. The van der Waals surface area contributed by atoms with Gasteiger partial charge in [-0.2, -0.15) is 13.9 Å². The number of rotatable bonds is 6. The number of hydrogen-bond acceptors (Lipinski definition) is 5. The van der Waals surface area contributed by atoms with Crippen LogP contribution in [0.5, 0.6) is 5.75 Å². The fraction of sp³-hybridized carbons (Fsp3) is 0.619. The van der Waals surface area contributed by atoms with Gasteiger partial charge in [0.05, 0.1) is 18.8 Å². The van der Waals surface area contributed by atoms with Crippen LogP contribution < -0.4 is 10.5 Å². The highest BCUT2D eigenvalue weighted by Gasteiger charge is 2.61. The minimum atomic E-state index is -2.99. The van der Waals surface area contributed by atoms with Crippen molar-refractivity contribution in [3.05, 3.63) is 24.0 Å². The maximum atomic E-state index is 13.2. The predicted molar refractivity (Wildman–Crippen MR) is 106 cm³/mol. The summed E-state index contributed by atoms with van der Waals surface area (Å²) in [6, 6.07) is 3.78. The Morgan fingerprint density at radius 1 is 1.16 bits per heavy atom. The van der Waals surface area contributed by atoms with Crippen LogP contribution in [-0.4, -0.2) is 51.3 Å². The number of hydrogen-bond donors (Lipinski definition) is 1. The summed E-state index contributed by atoms with van der Waals surface area (Å²) >= 11 is 0. The van der Waals surface area contributed by atoms with Crippen LogP contribution in [0.15, 0.2) is 18.3 Å². The van der Waals surface area contributed by atoms with Gasteiger partial charge in [-0.15, -0.1) is 0 Å². The van der Waals surface area contributed by atoms with Gasteiger partial charge in [-0.25, -0.2) is 13.8 Å². The van der Waals surface area contributed by atoms with Gasteiger partial charge in [0, 0.05) is 35.5 Å². The molecule has 0 amide bonds. The number of aromatic nitrogens is 3. The highest BCUT2D eigenvalue weighted by Crippen LogP contribution is 2.64. The molecule has 1 aliphatic heterocycles. The first-order valence-electron chi connectivity index (χ1n) is 10.5. The Bertz CT molecular complexity index is 974. The van der Waals surface area contributed by atoms with Crippen molar-refractivity contribution in [2.24, 2.45) is 11.8 Å². The summed E-state index contributed by atoms with van der Waals surface area (Å²) in [6.45, 7) is 0.839. The number of fused-ring (bicyclic) bond motifs is 1. The smallest absolute Gasteiger partial charge is 0.387 e. The number of nitrogens with zero attached hydrogens (tertiary/aromatic N) is 4. The standard InChI is InChI=1S/C21H25F4N5O/c1-10(2)30-16(18-13-4-12(5-14(13)18)29-8-21(24,25)9-29)6-15(28-30)11-3-17(31-20(22)23)19(26)27-7-11/h3,6-7,10,12-14,18,20H,4-5,8-9H2,1-2H3,(H2,26,27)/t12-,13+,14-,18-. The molecule has 3 fully saturated rings. The lowest BCUT2D eigenvalue weighted by Gasteiger charge is -2.43. The van der Waals surface area contributed by atoms with E-state index in [-0.39, 0.29) is 36.7 Å². The molecule has 6 nitrogen and oxygen atoms in total. The molecule has 2 aromatic heterocycles. The first-order valence-corrected chi connectivity index (χ1v) is 10.5. The Balaban J connectivity index is 1.35. The maximum Gasteiger partial charge on any atom is 0.387 e. The van der Waals surface area contributed by atoms with Crippen LogP contribution in [-0.2, 0) is 0 Å². The number of ether oxygens (including phenoxy) is 1. The van der Waals surface area contributed by atoms with Crippen molar-refractivity contribution < 1.29 is 22.3 Å². The van der Waals surface area contributed by atoms with Crippen LogP contribution in [0.2, 0.25) is 0 Å². The maximum absolute atomic E-state index is 13.2. The molecule has 168 valence electrons. The predicted octanol–water partition coefficient (Wildman–Crippen LogP) is 4.15. The Morgan fingerprint density at radius 3 is 2.42 bits per heavy atom. The molecule has 10 heteroatoms. The second-order valence-electron chi connectivity index (χ2n) is 9.22. The zero-order valence-electron chi connectivity index (χ0n) is 17.3. The van der Waals surface area contributed by atoms with Gasteiger partial charge in [0.25, 0.3) is 5.92 Å². The second kappa shape index (κ2) is 7.08. The molecule has 3 heterocycles. The molecule has 3 aliphatic rings. The number of alkyl halides is 4. The van der Waals surface area contributed by atoms with Crippen LogP contribution in [0.3, 0.4) is 0 Å². The van der Waals surface area contributed by atoms with Crippen LogP contribution >= 0.6 is 0 Å². The Morgan fingerprint density at radius 2 is 1.84 bits per heavy atom. The Labute approximate surface area is 177 Å². The van der Waals surface area contributed by atoms with E-state index in [1.54, 1.807) is 0 Å². The molecule has 2 aromatic rings. The monoisotopic (exact) mass is 439 g/mol. The van der Waals surface area contributed by atoms with Crippen LogP contribution in [0.4, 0.5) is 23.4 Å². The quantitative estimate of drug-likeness (QED) is 0.685. The number of nitrogen functional groups attached to an aromatic ring is 1. The highest BCUT2D eigenvalue weighted by atomic mass is 19.3. The van der Waals surface area contributed by atoms with E-state index in [2.05, 4.69) is 9.72 Å². The molecule has 5 rings (SSSR count). The summed E-state index contributed by atoms with van der Waals surface area (Å²) < 4.78 is 58.1. The fourth-order valence-electron chi connectivity index (χ4n) is 5.35. The van der Waals surface area contributed by atoms with Crippen LogP contribution in [0.1, 0.15) is 44.3 Å². The molecule has 2 N–H and O–H groups in total. The molecule has 0 unspecified atom stereocenters. The zero-order chi connectivity index (χ0) is 22.1. The van der Waals surface area contributed by atoms with Crippen molar-refractivity contribution in [2.45, 2.75) is 57.2 Å². The van der Waals surface area contributed by atoms with Gasteiger partial charge in [0.2, 0.25) is 0 Å². The van der Waals surface area contributed by atoms with E-state index in [0.29, 0.717) is 29.0 Å². The number of anilines is 1. The molecular formula is C21H25F4N5O. The minimum absolute atomic E-state index is 0.105. The van der Waals surface area contributed by atoms with Gasteiger partial charge in [-0.05, 0) is 50.7 Å². The van der Waals surface area contributed by atoms with Crippen LogP contribution in [0, 0.1) is 11.8 Å². The van der Waals surface area contributed by atoms with E-state index in [1.165, 1.54) is 12.3 Å². The Kier molecular flexibility index (Phi) is 4.69. The van der Waals surface area contributed by atoms with E-state index in [4.69, 9.17) is 10.8 Å². The van der Waals surface area contributed by atoms with Crippen molar-refractivity contribution in [1.29, 1.82) is 0 Å². The second-order valence-corrected chi connectivity index (χ2v) is 9.22. The van der Waals surface area contributed by atoms with Crippen LogP contribution in [0.25, 0.3) is 11.3 Å². The van der Waals surface area contributed by atoms with Gasteiger partial charge in [0.1, 0.15) is 0 Å². The molecule has 0 bridgehead atoms. The lowest BCUT2D eigenvalue weighted by atomic mass is 9.99. The SMILES string of the molecule is CC(C)n1nc(-c2cnc(N)c(OC(F)F)c2)cc1[C@H]1[C@@H]2C[C@H](N3CC(F)(F)C3)C[C@@H]21. The molecule has 0 spiro atoms. The third kappa shape index (κ3) is 3.64. The summed E-state index contributed by atoms with van der Waals surface area (Å²) in [5.41, 5.74) is 7.92.